The van der Waals surface area contributed by atoms with E-state index in [-0.39, 0.29) is 17.9 Å². The van der Waals surface area contributed by atoms with E-state index in [4.69, 9.17) is 11.6 Å². The molecule has 0 bridgehead atoms. The van der Waals surface area contributed by atoms with Crippen LogP contribution >= 0.6 is 11.6 Å². The second-order valence-electron chi connectivity index (χ2n) is 6.76. The second kappa shape index (κ2) is 7.35. The molecule has 0 spiro atoms. The number of benzene rings is 3. The van der Waals surface area contributed by atoms with Crippen LogP contribution in [0.25, 0.3) is 0 Å². The summed E-state index contributed by atoms with van der Waals surface area (Å²) >= 11 is 6.06. The maximum Gasteiger partial charge on any atom is 0.126 e. The molecule has 3 aromatic rings. The van der Waals surface area contributed by atoms with Crippen molar-refractivity contribution in [2.24, 2.45) is 5.92 Å². The van der Waals surface area contributed by atoms with Crippen molar-refractivity contribution < 1.29 is 4.79 Å². The van der Waals surface area contributed by atoms with Crippen LogP contribution in [0.3, 0.4) is 0 Å². The van der Waals surface area contributed by atoms with Crippen LogP contribution in [0.4, 0.5) is 5.69 Å². The predicted molar refractivity (Wildman–Crippen MR) is 107 cm³/mol. The molecule has 1 aliphatic carbocycles. The summed E-state index contributed by atoms with van der Waals surface area (Å²) in [7, 11) is 0. The van der Waals surface area contributed by atoms with Gasteiger partial charge in [0.25, 0.3) is 0 Å². The Morgan fingerprint density at radius 2 is 1.58 bits per heavy atom. The van der Waals surface area contributed by atoms with E-state index in [2.05, 4.69) is 23.5 Å². The summed E-state index contributed by atoms with van der Waals surface area (Å²) in [4.78, 5) is 12.2. The first kappa shape index (κ1) is 16.9. The van der Waals surface area contributed by atoms with E-state index in [1.807, 2.05) is 60.7 Å². The lowest BCUT2D eigenvalue weighted by atomic mass is 9.70. The number of para-hydroxylation sites is 1. The third kappa shape index (κ3) is 3.25. The van der Waals surface area contributed by atoms with Crippen LogP contribution < -0.4 is 5.32 Å². The van der Waals surface area contributed by atoms with Crippen LogP contribution in [0.15, 0.2) is 78.9 Å². The van der Waals surface area contributed by atoms with Gasteiger partial charge < -0.3 is 10.1 Å². The number of aldehydes is 1. The molecule has 26 heavy (non-hydrogen) atoms. The van der Waals surface area contributed by atoms with Gasteiger partial charge in [0, 0.05) is 16.6 Å². The van der Waals surface area contributed by atoms with Crippen molar-refractivity contribution in [1.29, 1.82) is 0 Å². The van der Waals surface area contributed by atoms with E-state index < -0.39 is 0 Å². The second-order valence-corrected chi connectivity index (χ2v) is 7.20. The van der Waals surface area contributed by atoms with E-state index in [0.29, 0.717) is 5.02 Å². The molecular weight excluding hydrogens is 342 g/mol. The topological polar surface area (TPSA) is 29.1 Å². The lowest BCUT2D eigenvalue weighted by Gasteiger charge is -2.38. The lowest BCUT2D eigenvalue weighted by Crippen LogP contribution is -2.33. The van der Waals surface area contributed by atoms with Gasteiger partial charge in [0.1, 0.15) is 6.29 Å². The van der Waals surface area contributed by atoms with Crippen LogP contribution in [0.2, 0.25) is 5.02 Å². The van der Waals surface area contributed by atoms with Gasteiger partial charge >= 0.3 is 0 Å². The van der Waals surface area contributed by atoms with Gasteiger partial charge in [0.2, 0.25) is 0 Å². The molecule has 0 saturated carbocycles. The number of halogens is 1. The molecule has 4 rings (SSSR count). The summed E-state index contributed by atoms with van der Waals surface area (Å²) in [5.41, 5.74) is 4.68. The summed E-state index contributed by atoms with van der Waals surface area (Å²) in [6.07, 6.45) is 1.96. The van der Waals surface area contributed by atoms with Gasteiger partial charge in [-0.15, -0.1) is 0 Å². The summed E-state index contributed by atoms with van der Waals surface area (Å²) < 4.78 is 0. The van der Waals surface area contributed by atoms with Gasteiger partial charge in [-0.05, 0) is 53.3 Å². The minimum Gasteiger partial charge on any atom is -0.377 e. The molecule has 3 atom stereocenters. The van der Waals surface area contributed by atoms with E-state index >= 15 is 0 Å². The van der Waals surface area contributed by atoms with Crippen LogP contribution in [-0.2, 0) is 11.2 Å². The van der Waals surface area contributed by atoms with Crippen molar-refractivity contribution in [3.63, 3.8) is 0 Å². The Balaban J connectivity index is 1.76. The average molecular weight is 362 g/mol. The molecule has 0 aromatic heterocycles. The largest absolute Gasteiger partial charge is 0.377 e. The molecule has 1 N–H and O–H groups in total. The standard InChI is InChI=1S/C23H20ClNO/c24-18-12-10-16(11-13-18)21-14-17-6-4-5-9-20(17)23(22(21)15-26)25-19-7-2-1-3-8-19/h1-13,15,21-23,25H,14H2/t21-,22-,23+/m0/s1. The van der Waals surface area contributed by atoms with Crippen LogP contribution in [0, 0.1) is 5.92 Å². The fourth-order valence-corrected chi connectivity index (χ4v) is 4.07. The highest BCUT2D eigenvalue weighted by Gasteiger charge is 2.37. The molecule has 0 fully saturated rings. The molecule has 0 amide bonds. The van der Waals surface area contributed by atoms with E-state index in [9.17, 15) is 4.79 Å². The van der Waals surface area contributed by atoms with Crippen LogP contribution in [0.5, 0.6) is 0 Å². The van der Waals surface area contributed by atoms with Crippen LogP contribution in [-0.4, -0.2) is 6.29 Å². The van der Waals surface area contributed by atoms with Gasteiger partial charge in [-0.2, -0.15) is 0 Å². The van der Waals surface area contributed by atoms with E-state index in [1.165, 1.54) is 11.1 Å². The minimum absolute atomic E-state index is 0.0551. The van der Waals surface area contributed by atoms with Gasteiger partial charge in [-0.1, -0.05) is 66.2 Å². The smallest absolute Gasteiger partial charge is 0.126 e. The quantitative estimate of drug-likeness (QED) is 0.608. The minimum atomic E-state index is -0.147. The zero-order valence-corrected chi connectivity index (χ0v) is 15.1. The number of hydrogen-bond donors (Lipinski definition) is 1. The Labute approximate surface area is 158 Å². The van der Waals surface area contributed by atoms with Crippen LogP contribution in [0.1, 0.15) is 28.7 Å². The van der Waals surface area contributed by atoms with E-state index in [1.54, 1.807) is 0 Å². The first-order chi connectivity index (χ1) is 12.8. The summed E-state index contributed by atoms with van der Waals surface area (Å²) in [5.74, 6) is -0.0211. The first-order valence-corrected chi connectivity index (χ1v) is 9.24. The average Bonchev–Trinajstić information content (AvgIpc) is 2.69. The normalized spacial score (nSPS) is 21.7. The number of rotatable bonds is 4. The van der Waals surface area contributed by atoms with Gasteiger partial charge in [-0.25, -0.2) is 0 Å². The Morgan fingerprint density at radius 3 is 2.31 bits per heavy atom. The van der Waals surface area contributed by atoms with Crippen molar-refractivity contribution in [2.75, 3.05) is 5.32 Å². The SMILES string of the molecule is O=C[C@@H]1[C@H](Nc2ccccc2)c2ccccc2C[C@H]1c1ccc(Cl)cc1. The Bertz CT molecular complexity index is 892. The highest BCUT2D eigenvalue weighted by Crippen LogP contribution is 2.44. The maximum atomic E-state index is 12.2. The number of carbonyl (C=O) groups excluding carboxylic acids is 1. The van der Waals surface area contributed by atoms with Crippen molar-refractivity contribution >= 4 is 23.6 Å². The Kier molecular flexibility index (Phi) is 4.77. The monoisotopic (exact) mass is 361 g/mol. The maximum absolute atomic E-state index is 12.2. The predicted octanol–water partition coefficient (Wildman–Crippen LogP) is 5.65. The lowest BCUT2D eigenvalue weighted by molar-refractivity contribution is -0.112. The van der Waals surface area contributed by atoms with E-state index in [0.717, 1.165) is 24.0 Å². The fourth-order valence-electron chi connectivity index (χ4n) is 3.95. The molecule has 0 heterocycles. The summed E-state index contributed by atoms with van der Waals surface area (Å²) in [6, 6.07) is 26.3. The Hall–Kier alpha value is -2.58. The highest BCUT2D eigenvalue weighted by molar-refractivity contribution is 6.30. The molecular formula is C23H20ClNO. The first-order valence-electron chi connectivity index (χ1n) is 8.86. The number of carbonyl (C=O) groups is 1. The van der Waals surface area contributed by atoms with Gasteiger partial charge in [-0.3, -0.25) is 0 Å². The van der Waals surface area contributed by atoms with Gasteiger partial charge in [0.15, 0.2) is 0 Å². The van der Waals surface area contributed by atoms with Gasteiger partial charge in [0.05, 0.1) is 6.04 Å². The number of hydrogen-bond acceptors (Lipinski definition) is 2. The molecule has 130 valence electrons. The molecule has 0 aliphatic heterocycles. The molecule has 0 radical (unpaired) electrons. The number of anilines is 1. The zero-order chi connectivity index (χ0) is 17.9. The molecule has 3 aromatic carbocycles. The highest BCUT2D eigenvalue weighted by atomic mass is 35.5. The summed E-state index contributed by atoms with van der Waals surface area (Å²) in [6.45, 7) is 0. The molecule has 3 heteroatoms. The molecule has 0 unspecified atom stereocenters. The molecule has 1 aliphatic rings. The van der Waals surface area contributed by atoms with Crippen molar-refractivity contribution in [1.82, 2.24) is 0 Å². The molecule has 2 nitrogen and oxygen atoms in total. The zero-order valence-electron chi connectivity index (χ0n) is 14.3. The third-order valence-electron chi connectivity index (χ3n) is 5.23. The number of nitrogens with one attached hydrogen (secondary N) is 1. The van der Waals surface area contributed by atoms with Crippen molar-refractivity contribution in [2.45, 2.75) is 18.4 Å². The molecule has 0 saturated heterocycles. The third-order valence-corrected chi connectivity index (χ3v) is 5.48. The van der Waals surface area contributed by atoms with Crippen molar-refractivity contribution in [3.05, 3.63) is 101 Å². The Morgan fingerprint density at radius 1 is 0.885 bits per heavy atom. The fraction of sp³-hybridized carbons (Fsp3) is 0.174. The van der Waals surface area contributed by atoms with Crippen molar-refractivity contribution in [3.8, 4) is 0 Å². The summed E-state index contributed by atoms with van der Waals surface area (Å²) in [5, 5.41) is 4.31. The number of fused-ring (bicyclic) bond motifs is 1.